The van der Waals surface area contributed by atoms with Gasteiger partial charge in [-0.1, -0.05) is 13.3 Å². The molecule has 18 heavy (non-hydrogen) atoms. The van der Waals surface area contributed by atoms with Crippen LogP contribution in [0.4, 0.5) is 0 Å². The molecule has 1 fully saturated rings. The van der Waals surface area contributed by atoms with E-state index in [9.17, 15) is 9.59 Å². The zero-order chi connectivity index (χ0) is 13.7. The van der Waals surface area contributed by atoms with Gasteiger partial charge in [-0.15, -0.1) is 0 Å². The zero-order valence-corrected chi connectivity index (χ0v) is 11.3. The summed E-state index contributed by atoms with van der Waals surface area (Å²) < 4.78 is 0. The SMILES string of the molecule is CCC(C)N(CC(=O)O)C(=O)C1CCCC(N)C1. The predicted molar refractivity (Wildman–Crippen MR) is 69.0 cm³/mol. The Hall–Kier alpha value is -1.10. The highest BCUT2D eigenvalue weighted by molar-refractivity contribution is 5.83. The summed E-state index contributed by atoms with van der Waals surface area (Å²) in [7, 11) is 0. The summed E-state index contributed by atoms with van der Waals surface area (Å²) >= 11 is 0. The van der Waals surface area contributed by atoms with E-state index in [1.807, 2.05) is 13.8 Å². The molecule has 3 N–H and O–H groups in total. The second-order valence-corrected chi connectivity index (χ2v) is 5.24. The lowest BCUT2D eigenvalue weighted by Gasteiger charge is -2.33. The Morgan fingerprint density at radius 3 is 2.61 bits per heavy atom. The van der Waals surface area contributed by atoms with Crippen LogP contribution in [0.5, 0.6) is 0 Å². The van der Waals surface area contributed by atoms with Gasteiger partial charge in [-0.05, 0) is 32.6 Å². The van der Waals surface area contributed by atoms with Crippen molar-refractivity contribution in [1.29, 1.82) is 0 Å². The molecule has 1 aliphatic rings. The van der Waals surface area contributed by atoms with Gasteiger partial charge in [0.05, 0.1) is 0 Å². The summed E-state index contributed by atoms with van der Waals surface area (Å²) in [6.07, 6.45) is 4.20. The van der Waals surface area contributed by atoms with Crippen LogP contribution in [-0.4, -0.2) is 40.5 Å². The van der Waals surface area contributed by atoms with E-state index in [2.05, 4.69) is 0 Å². The Kier molecular flexibility index (Phi) is 5.59. The molecule has 0 heterocycles. The largest absolute Gasteiger partial charge is 0.480 e. The number of amides is 1. The van der Waals surface area contributed by atoms with Crippen molar-refractivity contribution in [1.82, 2.24) is 4.90 Å². The number of aliphatic carboxylic acids is 1. The van der Waals surface area contributed by atoms with Crippen LogP contribution < -0.4 is 5.73 Å². The van der Waals surface area contributed by atoms with Crippen molar-refractivity contribution >= 4 is 11.9 Å². The monoisotopic (exact) mass is 256 g/mol. The van der Waals surface area contributed by atoms with Crippen LogP contribution in [0.2, 0.25) is 0 Å². The summed E-state index contributed by atoms with van der Waals surface area (Å²) in [5, 5.41) is 8.91. The molecule has 0 aliphatic heterocycles. The molecule has 0 aromatic carbocycles. The van der Waals surface area contributed by atoms with Crippen LogP contribution in [0, 0.1) is 5.92 Å². The van der Waals surface area contributed by atoms with Crippen molar-refractivity contribution in [3.8, 4) is 0 Å². The third-order valence-corrected chi connectivity index (χ3v) is 3.78. The first-order valence-corrected chi connectivity index (χ1v) is 6.73. The zero-order valence-electron chi connectivity index (χ0n) is 11.3. The van der Waals surface area contributed by atoms with E-state index in [4.69, 9.17) is 10.8 Å². The number of hydrogen-bond donors (Lipinski definition) is 2. The summed E-state index contributed by atoms with van der Waals surface area (Å²) in [4.78, 5) is 24.7. The lowest BCUT2D eigenvalue weighted by Crippen LogP contribution is -2.46. The first-order valence-electron chi connectivity index (χ1n) is 6.73. The van der Waals surface area contributed by atoms with Gasteiger partial charge in [0, 0.05) is 18.0 Å². The van der Waals surface area contributed by atoms with Crippen LogP contribution in [0.3, 0.4) is 0 Å². The standard InChI is InChI=1S/C13H24N2O3/c1-3-9(2)15(8-12(16)17)13(18)10-5-4-6-11(14)7-10/h9-11H,3-8,14H2,1-2H3,(H,16,17). The highest BCUT2D eigenvalue weighted by Crippen LogP contribution is 2.25. The minimum Gasteiger partial charge on any atom is -0.480 e. The molecule has 1 rings (SSSR count). The fourth-order valence-corrected chi connectivity index (χ4v) is 2.50. The number of nitrogens with zero attached hydrogens (tertiary/aromatic N) is 1. The molecule has 0 saturated heterocycles. The molecule has 5 heteroatoms. The van der Waals surface area contributed by atoms with Crippen molar-refractivity contribution in [2.75, 3.05) is 6.54 Å². The molecule has 3 unspecified atom stereocenters. The van der Waals surface area contributed by atoms with Gasteiger partial charge in [0.2, 0.25) is 5.91 Å². The fraction of sp³-hybridized carbons (Fsp3) is 0.846. The Morgan fingerprint density at radius 2 is 2.11 bits per heavy atom. The molecular weight excluding hydrogens is 232 g/mol. The number of rotatable bonds is 5. The number of carboxylic acids is 1. The Bertz CT molecular complexity index is 307. The Balaban J connectivity index is 2.71. The maximum atomic E-state index is 12.4. The molecule has 1 amide bonds. The minimum atomic E-state index is -0.955. The lowest BCUT2D eigenvalue weighted by molar-refractivity contribution is -0.148. The van der Waals surface area contributed by atoms with Crippen LogP contribution in [-0.2, 0) is 9.59 Å². The number of carbonyl (C=O) groups is 2. The van der Waals surface area contributed by atoms with E-state index in [0.29, 0.717) is 6.42 Å². The van der Waals surface area contributed by atoms with Gasteiger partial charge in [-0.3, -0.25) is 9.59 Å². The molecule has 3 atom stereocenters. The molecule has 0 aromatic rings. The number of hydrogen-bond acceptors (Lipinski definition) is 3. The molecule has 0 bridgehead atoms. The normalized spacial score (nSPS) is 25.5. The molecule has 1 saturated carbocycles. The fourth-order valence-electron chi connectivity index (χ4n) is 2.50. The highest BCUT2D eigenvalue weighted by Gasteiger charge is 2.31. The predicted octanol–water partition coefficient (Wildman–Crippen LogP) is 1.22. The average molecular weight is 256 g/mol. The molecular formula is C13H24N2O3. The maximum Gasteiger partial charge on any atom is 0.323 e. The van der Waals surface area contributed by atoms with Crippen molar-refractivity contribution in [3.05, 3.63) is 0 Å². The van der Waals surface area contributed by atoms with Gasteiger partial charge in [0.15, 0.2) is 0 Å². The Labute approximate surface area is 108 Å². The van der Waals surface area contributed by atoms with E-state index in [-0.39, 0.29) is 30.5 Å². The molecule has 0 radical (unpaired) electrons. The van der Waals surface area contributed by atoms with Gasteiger partial charge in [0.1, 0.15) is 6.54 Å². The smallest absolute Gasteiger partial charge is 0.323 e. The lowest BCUT2D eigenvalue weighted by atomic mass is 9.85. The van der Waals surface area contributed by atoms with Crippen molar-refractivity contribution in [2.45, 2.75) is 58.0 Å². The van der Waals surface area contributed by atoms with Crippen molar-refractivity contribution < 1.29 is 14.7 Å². The minimum absolute atomic E-state index is 0.0354. The third-order valence-electron chi connectivity index (χ3n) is 3.78. The highest BCUT2D eigenvalue weighted by atomic mass is 16.4. The van der Waals surface area contributed by atoms with Crippen LogP contribution in [0.1, 0.15) is 46.0 Å². The second kappa shape index (κ2) is 6.73. The van der Waals surface area contributed by atoms with E-state index in [0.717, 1.165) is 25.7 Å². The molecule has 5 nitrogen and oxygen atoms in total. The van der Waals surface area contributed by atoms with Crippen molar-refractivity contribution in [2.24, 2.45) is 11.7 Å². The summed E-state index contributed by atoms with van der Waals surface area (Å²) in [6, 6.07) is 0.0445. The summed E-state index contributed by atoms with van der Waals surface area (Å²) in [6.45, 7) is 3.64. The average Bonchev–Trinajstić information content (AvgIpc) is 2.34. The van der Waals surface area contributed by atoms with Gasteiger partial charge >= 0.3 is 5.97 Å². The van der Waals surface area contributed by atoms with Crippen molar-refractivity contribution in [3.63, 3.8) is 0 Å². The Morgan fingerprint density at radius 1 is 1.44 bits per heavy atom. The van der Waals surface area contributed by atoms with Gasteiger partial charge in [-0.25, -0.2) is 0 Å². The van der Waals surface area contributed by atoms with Gasteiger partial charge in [-0.2, -0.15) is 0 Å². The molecule has 1 aliphatic carbocycles. The first kappa shape index (κ1) is 15.0. The van der Waals surface area contributed by atoms with E-state index < -0.39 is 5.97 Å². The molecule has 104 valence electrons. The summed E-state index contributed by atoms with van der Waals surface area (Å²) in [5.41, 5.74) is 5.89. The van der Waals surface area contributed by atoms with Gasteiger partial charge in [0.25, 0.3) is 0 Å². The van der Waals surface area contributed by atoms with Crippen LogP contribution in [0.25, 0.3) is 0 Å². The molecule has 0 spiro atoms. The van der Waals surface area contributed by atoms with E-state index in [1.165, 1.54) is 4.90 Å². The number of carboxylic acid groups (broad SMARTS) is 1. The number of nitrogens with two attached hydrogens (primary N) is 1. The quantitative estimate of drug-likeness (QED) is 0.774. The van der Waals surface area contributed by atoms with Crippen LogP contribution in [0.15, 0.2) is 0 Å². The summed E-state index contributed by atoms with van der Waals surface area (Å²) in [5.74, 6) is -1.09. The van der Waals surface area contributed by atoms with Gasteiger partial charge < -0.3 is 15.7 Å². The maximum absolute atomic E-state index is 12.4. The number of carbonyl (C=O) groups excluding carboxylic acids is 1. The first-order chi connectivity index (χ1) is 8.45. The second-order valence-electron chi connectivity index (χ2n) is 5.24. The third kappa shape index (κ3) is 3.98. The molecule has 0 aromatic heterocycles. The topological polar surface area (TPSA) is 83.6 Å². The van der Waals surface area contributed by atoms with Crippen LogP contribution >= 0.6 is 0 Å². The van der Waals surface area contributed by atoms with E-state index >= 15 is 0 Å². The van der Waals surface area contributed by atoms with E-state index in [1.54, 1.807) is 0 Å².